The summed E-state index contributed by atoms with van der Waals surface area (Å²) in [6.07, 6.45) is 7.77. The van der Waals surface area contributed by atoms with Gasteiger partial charge in [-0.2, -0.15) is 0 Å². The highest BCUT2D eigenvalue weighted by Gasteiger charge is 2.16. The first-order valence-corrected chi connectivity index (χ1v) is 8.43. The molecule has 3 heteroatoms. The highest BCUT2D eigenvalue weighted by atomic mass is 16.1. The second kappa shape index (κ2) is 7.08. The molecule has 1 aromatic carbocycles. The van der Waals surface area contributed by atoms with Gasteiger partial charge in [-0.05, 0) is 69.2 Å². The number of piperidine rings is 1. The van der Waals surface area contributed by atoms with Gasteiger partial charge in [0.25, 0.3) is 0 Å². The molecule has 2 N–H and O–H groups in total. The maximum Gasteiger partial charge on any atom is 0.162 e. The number of rotatable bonds is 4. The van der Waals surface area contributed by atoms with Crippen LogP contribution in [-0.2, 0) is 6.42 Å². The highest BCUT2D eigenvalue weighted by molar-refractivity contribution is 5.97. The van der Waals surface area contributed by atoms with E-state index in [0.29, 0.717) is 12.2 Å². The van der Waals surface area contributed by atoms with Crippen molar-refractivity contribution < 1.29 is 4.79 Å². The van der Waals surface area contributed by atoms with Gasteiger partial charge in [-0.1, -0.05) is 12.1 Å². The Bertz CT molecular complexity index is 492. The minimum absolute atomic E-state index is 0.308. The van der Waals surface area contributed by atoms with Gasteiger partial charge in [0.2, 0.25) is 0 Å². The number of carbonyl (C=O) groups excluding carboxylic acids is 1. The molecule has 0 amide bonds. The number of fused-ring (bicyclic) bond motifs is 1. The highest BCUT2D eigenvalue weighted by Crippen LogP contribution is 2.25. The molecule has 0 unspecified atom stereocenters. The van der Waals surface area contributed by atoms with Crippen molar-refractivity contribution in [1.29, 1.82) is 0 Å². The Kier molecular flexibility index (Phi) is 4.91. The zero-order chi connectivity index (χ0) is 14.5. The summed E-state index contributed by atoms with van der Waals surface area (Å²) >= 11 is 0. The monoisotopic (exact) mass is 286 g/mol. The molecule has 0 aromatic heterocycles. The van der Waals surface area contributed by atoms with E-state index < -0.39 is 0 Å². The minimum Gasteiger partial charge on any atom is -0.385 e. The first kappa shape index (κ1) is 14.6. The van der Waals surface area contributed by atoms with Gasteiger partial charge in [0.15, 0.2) is 5.78 Å². The third kappa shape index (κ3) is 3.85. The first-order chi connectivity index (χ1) is 10.3. The maximum atomic E-state index is 12.4. The molecule has 0 spiro atoms. The molecular weight excluding hydrogens is 260 g/mol. The summed E-state index contributed by atoms with van der Waals surface area (Å²) in [5.74, 6) is 1.04. The second-order valence-electron chi connectivity index (χ2n) is 6.41. The van der Waals surface area contributed by atoms with Crippen LogP contribution in [0.15, 0.2) is 18.2 Å². The lowest BCUT2D eigenvalue weighted by molar-refractivity contribution is 0.0971. The second-order valence-corrected chi connectivity index (χ2v) is 6.41. The minimum atomic E-state index is 0.308. The number of hydrogen-bond acceptors (Lipinski definition) is 3. The summed E-state index contributed by atoms with van der Waals surface area (Å²) in [5.41, 5.74) is 3.43. The normalized spacial score (nSPS) is 19.4. The molecule has 0 aliphatic carbocycles. The molecule has 2 aliphatic heterocycles. The van der Waals surface area contributed by atoms with Crippen molar-refractivity contribution in [3.05, 3.63) is 29.3 Å². The van der Waals surface area contributed by atoms with Crippen LogP contribution >= 0.6 is 0 Å². The van der Waals surface area contributed by atoms with Gasteiger partial charge in [-0.25, -0.2) is 0 Å². The Morgan fingerprint density at radius 2 is 2.00 bits per heavy atom. The Hall–Kier alpha value is -1.35. The Labute approximate surface area is 127 Å². The molecule has 0 saturated carbocycles. The number of nitrogens with one attached hydrogen (secondary N) is 2. The molecule has 0 radical (unpaired) electrons. The van der Waals surface area contributed by atoms with E-state index in [0.717, 1.165) is 44.0 Å². The summed E-state index contributed by atoms with van der Waals surface area (Å²) in [7, 11) is 0. The van der Waals surface area contributed by atoms with Crippen molar-refractivity contribution in [2.24, 2.45) is 5.92 Å². The van der Waals surface area contributed by atoms with Crippen LogP contribution in [0.2, 0.25) is 0 Å². The van der Waals surface area contributed by atoms with Crippen molar-refractivity contribution in [2.45, 2.75) is 44.9 Å². The van der Waals surface area contributed by atoms with Crippen molar-refractivity contribution in [2.75, 3.05) is 25.0 Å². The standard InChI is InChI=1S/C18H26N2O/c21-18(7-4-14-8-11-19-12-9-14)16-6-5-15-3-1-2-10-20-17(15)13-16/h5-6,13-14,19-20H,1-4,7-12H2. The molecule has 1 fully saturated rings. The average molecular weight is 286 g/mol. The van der Waals surface area contributed by atoms with Crippen LogP contribution in [0.5, 0.6) is 0 Å². The van der Waals surface area contributed by atoms with Crippen LogP contribution in [0.25, 0.3) is 0 Å². The Morgan fingerprint density at radius 1 is 1.14 bits per heavy atom. The Balaban J connectivity index is 1.60. The van der Waals surface area contributed by atoms with Crippen LogP contribution in [0.4, 0.5) is 5.69 Å². The lowest BCUT2D eigenvalue weighted by Gasteiger charge is -2.22. The van der Waals surface area contributed by atoms with Gasteiger partial charge in [0.05, 0.1) is 0 Å². The first-order valence-electron chi connectivity index (χ1n) is 8.43. The molecule has 0 atom stereocenters. The van der Waals surface area contributed by atoms with E-state index in [1.54, 1.807) is 0 Å². The van der Waals surface area contributed by atoms with Crippen LogP contribution < -0.4 is 10.6 Å². The molecule has 21 heavy (non-hydrogen) atoms. The van der Waals surface area contributed by atoms with E-state index in [-0.39, 0.29) is 0 Å². The third-order valence-electron chi connectivity index (χ3n) is 4.86. The summed E-state index contributed by atoms with van der Waals surface area (Å²) < 4.78 is 0. The molecule has 114 valence electrons. The number of benzene rings is 1. The van der Waals surface area contributed by atoms with Crippen LogP contribution in [0.1, 0.15) is 54.4 Å². The van der Waals surface area contributed by atoms with E-state index >= 15 is 0 Å². The van der Waals surface area contributed by atoms with E-state index in [2.05, 4.69) is 22.8 Å². The summed E-state index contributed by atoms with van der Waals surface area (Å²) in [6, 6.07) is 6.24. The van der Waals surface area contributed by atoms with Crippen molar-refractivity contribution >= 4 is 11.5 Å². The van der Waals surface area contributed by atoms with Crippen molar-refractivity contribution in [3.8, 4) is 0 Å². The zero-order valence-electron chi connectivity index (χ0n) is 12.8. The molecule has 3 rings (SSSR count). The fourth-order valence-corrected chi connectivity index (χ4v) is 3.45. The van der Waals surface area contributed by atoms with Gasteiger partial charge < -0.3 is 10.6 Å². The average Bonchev–Trinajstić information content (AvgIpc) is 2.78. The molecule has 2 aliphatic rings. The predicted molar refractivity (Wildman–Crippen MR) is 87.0 cm³/mol. The lowest BCUT2D eigenvalue weighted by Crippen LogP contribution is -2.28. The smallest absolute Gasteiger partial charge is 0.162 e. The van der Waals surface area contributed by atoms with Crippen molar-refractivity contribution in [3.63, 3.8) is 0 Å². The Morgan fingerprint density at radius 3 is 2.86 bits per heavy atom. The van der Waals surface area contributed by atoms with E-state index in [9.17, 15) is 4.79 Å². The van der Waals surface area contributed by atoms with Crippen LogP contribution in [0.3, 0.4) is 0 Å². The molecule has 0 bridgehead atoms. The predicted octanol–water partition coefficient (Wildman–Crippen LogP) is 3.40. The van der Waals surface area contributed by atoms with Gasteiger partial charge in [0, 0.05) is 24.2 Å². The van der Waals surface area contributed by atoms with E-state index in [1.165, 1.54) is 36.9 Å². The number of ketones is 1. The van der Waals surface area contributed by atoms with E-state index in [4.69, 9.17) is 0 Å². The number of carbonyl (C=O) groups is 1. The quantitative estimate of drug-likeness (QED) is 0.834. The topological polar surface area (TPSA) is 41.1 Å². The molecule has 2 heterocycles. The van der Waals surface area contributed by atoms with Gasteiger partial charge in [0.1, 0.15) is 0 Å². The zero-order valence-corrected chi connectivity index (χ0v) is 12.8. The summed E-state index contributed by atoms with van der Waals surface area (Å²) in [6.45, 7) is 3.25. The molecule has 1 saturated heterocycles. The molecule has 3 nitrogen and oxygen atoms in total. The summed E-state index contributed by atoms with van der Waals surface area (Å²) in [5, 5.41) is 6.85. The molecular formula is C18H26N2O. The fourth-order valence-electron chi connectivity index (χ4n) is 3.45. The van der Waals surface area contributed by atoms with Gasteiger partial charge in [-0.15, -0.1) is 0 Å². The SMILES string of the molecule is O=C(CCC1CCNCC1)c1ccc2c(c1)NCCCC2. The number of anilines is 1. The van der Waals surface area contributed by atoms with E-state index in [1.807, 2.05) is 6.07 Å². The van der Waals surface area contributed by atoms with Gasteiger partial charge in [-0.3, -0.25) is 4.79 Å². The lowest BCUT2D eigenvalue weighted by atomic mass is 9.91. The number of hydrogen-bond donors (Lipinski definition) is 2. The largest absolute Gasteiger partial charge is 0.385 e. The van der Waals surface area contributed by atoms with Gasteiger partial charge >= 0.3 is 0 Å². The maximum absolute atomic E-state index is 12.4. The number of aryl methyl sites for hydroxylation is 1. The summed E-state index contributed by atoms with van der Waals surface area (Å²) in [4.78, 5) is 12.4. The number of Topliss-reactive ketones (excluding diaryl/α,β-unsaturated/α-hetero) is 1. The third-order valence-corrected chi connectivity index (χ3v) is 4.86. The van der Waals surface area contributed by atoms with Crippen LogP contribution in [0, 0.1) is 5.92 Å². The fraction of sp³-hybridized carbons (Fsp3) is 0.611. The van der Waals surface area contributed by atoms with Crippen molar-refractivity contribution in [1.82, 2.24) is 5.32 Å². The van der Waals surface area contributed by atoms with Crippen LogP contribution in [-0.4, -0.2) is 25.4 Å². The molecule has 1 aromatic rings.